The van der Waals surface area contributed by atoms with Crippen LogP contribution in [0.15, 0.2) is 76.7 Å². The summed E-state index contributed by atoms with van der Waals surface area (Å²) < 4.78 is 43.7. The van der Waals surface area contributed by atoms with Crippen molar-refractivity contribution in [3.05, 3.63) is 83.4 Å². The summed E-state index contributed by atoms with van der Waals surface area (Å²) in [6.07, 6.45) is 1.40. The van der Waals surface area contributed by atoms with E-state index in [0.29, 0.717) is 22.8 Å². The fourth-order valence-corrected chi connectivity index (χ4v) is 4.82. The van der Waals surface area contributed by atoms with E-state index in [0.717, 1.165) is 15.4 Å². The van der Waals surface area contributed by atoms with Crippen LogP contribution in [0, 0.1) is 6.92 Å². The Morgan fingerprint density at radius 2 is 1.56 bits per heavy atom. The van der Waals surface area contributed by atoms with E-state index in [1.807, 2.05) is 31.2 Å². The summed E-state index contributed by atoms with van der Waals surface area (Å²) in [5.41, 5.74) is 4.79. The minimum Gasteiger partial charge on any atom is -0.493 e. The van der Waals surface area contributed by atoms with Gasteiger partial charge in [-0.3, -0.25) is 4.79 Å². The maximum Gasteiger partial charge on any atom is 0.255 e. The number of sulfonamides is 1. The van der Waals surface area contributed by atoms with Crippen molar-refractivity contribution >= 4 is 22.1 Å². The number of hydrogen-bond acceptors (Lipinski definition) is 7. The largest absolute Gasteiger partial charge is 0.493 e. The van der Waals surface area contributed by atoms with Crippen LogP contribution in [-0.2, 0) is 21.4 Å². The number of aryl methyl sites for hydroxylation is 1. The normalized spacial score (nSPS) is 11.5. The van der Waals surface area contributed by atoms with Gasteiger partial charge >= 0.3 is 0 Å². The second kappa shape index (κ2) is 12.2. The second-order valence-electron chi connectivity index (χ2n) is 7.82. The first-order valence-electron chi connectivity index (χ1n) is 11.0. The lowest BCUT2D eigenvalue weighted by Crippen LogP contribution is -2.39. The van der Waals surface area contributed by atoms with Crippen molar-refractivity contribution in [1.29, 1.82) is 0 Å². The zero-order valence-corrected chi connectivity index (χ0v) is 21.4. The Hall–Kier alpha value is -3.89. The molecule has 0 bridgehead atoms. The zero-order chi connectivity index (χ0) is 26.1. The maximum atomic E-state index is 13.3. The molecule has 0 unspecified atom stereocenters. The van der Waals surface area contributed by atoms with Crippen molar-refractivity contribution in [3.8, 4) is 17.2 Å². The Balaban J connectivity index is 1.79. The van der Waals surface area contributed by atoms with Gasteiger partial charge in [0.05, 0.1) is 39.0 Å². The molecule has 0 heterocycles. The molecule has 190 valence electrons. The van der Waals surface area contributed by atoms with E-state index in [1.165, 1.54) is 39.7 Å². The number of ether oxygens (including phenoxy) is 3. The molecule has 0 aliphatic heterocycles. The van der Waals surface area contributed by atoms with Crippen molar-refractivity contribution in [2.24, 2.45) is 5.10 Å². The van der Waals surface area contributed by atoms with E-state index < -0.39 is 22.5 Å². The van der Waals surface area contributed by atoms with Crippen LogP contribution >= 0.6 is 0 Å². The second-order valence-corrected chi connectivity index (χ2v) is 9.76. The Bertz CT molecular complexity index is 1280. The zero-order valence-electron chi connectivity index (χ0n) is 20.6. The van der Waals surface area contributed by atoms with Gasteiger partial charge in [-0.15, -0.1) is 0 Å². The molecule has 0 aromatic heterocycles. The summed E-state index contributed by atoms with van der Waals surface area (Å²) in [6, 6.07) is 18.8. The average molecular weight is 512 g/mol. The van der Waals surface area contributed by atoms with E-state index >= 15 is 0 Å². The van der Waals surface area contributed by atoms with Gasteiger partial charge in [0.1, 0.15) is 0 Å². The minimum absolute atomic E-state index is 0.0293. The summed E-state index contributed by atoms with van der Waals surface area (Å²) in [5.74, 6) is 0.704. The van der Waals surface area contributed by atoms with Gasteiger partial charge in [-0.1, -0.05) is 48.0 Å². The fraction of sp³-hybridized carbons (Fsp3) is 0.231. The quantitative estimate of drug-likeness (QED) is 0.313. The number of amides is 1. The monoisotopic (exact) mass is 511 g/mol. The van der Waals surface area contributed by atoms with Gasteiger partial charge in [0.15, 0.2) is 11.5 Å². The number of hydrazone groups is 1. The Kier molecular flexibility index (Phi) is 9.04. The summed E-state index contributed by atoms with van der Waals surface area (Å²) >= 11 is 0. The average Bonchev–Trinajstić information content (AvgIpc) is 2.89. The molecule has 3 aromatic carbocycles. The predicted molar refractivity (Wildman–Crippen MR) is 137 cm³/mol. The molecular formula is C26H29N3O6S. The summed E-state index contributed by atoms with van der Waals surface area (Å²) in [6.45, 7) is 1.56. The number of rotatable bonds is 11. The lowest BCUT2D eigenvalue weighted by molar-refractivity contribution is -0.121. The lowest BCUT2D eigenvalue weighted by atomic mass is 10.1. The number of carbonyl (C=O) groups is 1. The Morgan fingerprint density at radius 3 is 2.11 bits per heavy atom. The van der Waals surface area contributed by atoms with Gasteiger partial charge in [0.25, 0.3) is 5.91 Å². The topological polar surface area (TPSA) is 107 Å². The highest BCUT2D eigenvalue weighted by Gasteiger charge is 2.26. The van der Waals surface area contributed by atoms with Crippen molar-refractivity contribution in [2.45, 2.75) is 18.4 Å². The van der Waals surface area contributed by atoms with Crippen LogP contribution in [0.1, 0.15) is 16.7 Å². The summed E-state index contributed by atoms with van der Waals surface area (Å²) in [4.78, 5) is 12.8. The van der Waals surface area contributed by atoms with Crippen LogP contribution in [0.4, 0.5) is 0 Å². The smallest absolute Gasteiger partial charge is 0.255 e. The first-order valence-corrected chi connectivity index (χ1v) is 12.4. The number of nitrogens with zero attached hydrogens (tertiary/aromatic N) is 2. The van der Waals surface area contributed by atoms with E-state index in [2.05, 4.69) is 10.5 Å². The van der Waals surface area contributed by atoms with E-state index in [4.69, 9.17) is 14.2 Å². The predicted octanol–water partition coefficient (Wildman–Crippen LogP) is 3.36. The van der Waals surface area contributed by atoms with Crippen LogP contribution in [0.25, 0.3) is 0 Å². The first kappa shape index (κ1) is 26.7. The highest BCUT2D eigenvalue weighted by Crippen LogP contribution is 2.37. The molecule has 0 spiro atoms. The van der Waals surface area contributed by atoms with Crippen molar-refractivity contribution < 1.29 is 27.4 Å². The third-order valence-electron chi connectivity index (χ3n) is 5.27. The molecule has 3 aromatic rings. The van der Waals surface area contributed by atoms with Crippen molar-refractivity contribution in [3.63, 3.8) is 0 Å². The minimum atomic E-state index is -3.93. The highest BCUT2D eigenvalue weighted by atomic mass is 32.2. The number of carbonyl (C=O) groups excluding carboxylic acids is 1. The van der Waals surface area contributed by atoms with Gasteiger partial charge in [-0.05, 0) is 36.8 Å². The number of benzene rings is 3. The molecule has 3 rings (SSSR count). The Morgan fingerprint density at radius 1 is 0.944 bits per heavy atom. The molecule has 10 heteroatoms. The maximum absolute atomic E-state index is 13.3. The number of hydrogen-bond donors (Lipinski definition) is 1. The number of nitrogens with one attached hydrogen (secondary N) is 1. The standard InChI is InChI=1S/C26H29N3O6S/c1-19-10-12-20(13-11-19)17-29(36(31,32)22-8-6-5-7-9-22)18-25(30)28-27-16-21-14-23(33-2)26(35-4)24(15-21)34-3/h5-16H,17-18H2,1-4H3,(H,28,30)/b27-16+. The van der Waals surface area contributed by atoms with E-state index in [9.17, 15) is 13.2 Å². The van der Waals surface area contributed by atoms with Crippen molar-refractivity contribution in [1.82, 2.24) is 9.73 Å². The van der Waals surface area contributed by atoms with Gasteiger partial charge in [0, 0.05) is 12.1 Å². The molecule has 9 nitrogen and oxygen atoms in total. The van der Waals surface area contributed by atoms with Crippen LogP contribution in [0.2, 0.25) is 0 Å². The number of methoxy groups -OCH3 is 3. The van der Waals surface area contributed by atoms with Gasteiger partial charge in [0.2, 0.25) is 15.8 Å². The molecule has 0 saturated heterocycles. The van der Waals surface area contributed by atoms with Gasteiger partial charge in [-0.2, -0.15) is 9.41 Å². The molecule has 0 atom stereocenters. The molecule has 36 heavy (non-hydrogen) atoms. The SMILES string of the molecule is COc1cc(/C=N/NC(=O)CN(Cc2ccc(C)cc2)S(=O)(=O)c2ccccc2)cc(OC)c1OC. The lowest BCUT2D eigenvalue weighted by Gasteiger charge is -2.21. The summed E-state index contributed by atoms with van der Waals surface area (Å²) in [5, 5.41) is 3.98. The molecular weight excluding hydrogens is 482 g/mol. The van der Waals surface area contributed by atoms with E-state index in [1.54, 1.807) is 30.3 Å². The van der Waals surface area contributed by atoms with Crippen LogP contribution < -0.4 is 19.6 Å². The molecule has 0 fully saturated rings. The van der Waals surface area contributed by atoms with Crippen LogP contribution in [0.3, 0.4) is 0 Å². The third-order valence-corrected chi connectivity index (χ3v) is 7.08. The van der Waals surface area contributed by atoms with E-state index in [-0.39, 0.29) is 11.4 Å². The molecule has 0 saturated carbocycles. The van der Waals surface area contributed by atoms with Crippen LogP contribution in [-0.4, -0.2) is 52.7 Å². The van der Waals surface area contributed by atoms with Crippen molar-refractivity contribution in [2.75, 3.05) is 27.9 Å². The van der Waals surface area contributed by atoms with Crippen LogP contribution in [0.5, 0.6) is 17.2 Å². The molecule has 1 amide bonds. The van der Waals surface area contributed by atoms with Gasteiger partial charge in [-0.25, -0.2) is 13.8 Å². The Labute approximate surface area is 211 Å². The fourth-order valence-electron chi connectivity index (χ4n) is 3.41. The highest BCUT2D eigenvalue weighted by molar-refractivity contribution is 7.89. The summed E-state index contributed by atoms with van der Waals surface area (Å²) in [7, 11) is 0.558. The van der Waals surface area contributed by atoms with Gasteiger partial charge < -0.3 is 14.2 Å². The molecule has 0 aliphatic carbocycles. The molecule has 0 aliphatic rings. The molecule has 0 radical (unpaired) electrons. The third kappa shape index (κ3) is 6.61. The molecule has 1 N–H and O–H groups in total. The first-order chi connectivity index (χ1) is 17.3.